The summed E-state index contributed by atoms with van der Waals surface area (Å²) in [6, 6.07) is 3.48. The van der Waals surface area contributed by atoms with E-state index in [1.165, 1.54) is 11.3 Å². The first-order chi connectivity index (χ1) is 9.31. The van der Waals surface area contributed by atoms with Crippen molar-refractivity contribution in [3.63, 3.8) is 0 Å². The molecule has 0 unspecified atom stereocenters. The van der Waals surface area contributed by atoms with E-state index in [1.807, 2.05) is 13.0 Å². The number of thiophene rings is 1. The van der Waals surface area contributed by atoms with Gasteiger partial charge >= 0.3 is 0 Å². The molecule has 0 aliphatic carbocycles. The maximum atomic E-state index is 12.2. The van der Waals surface area contributed by atoms with Gasteiger partial charge in [-0.05, 0) is 32.9 Å². The second-order valence-corrected chi connectivity index (χ2v) is 8.88. The van der Waals surface area contributed by atoms with Gasteiger partial charge in [-0.15, -0.1) is 11.3 Å². The van der Waals surface area contributed by atoms with E-state index in [2.05, 4.69) is 23.5 Å². The summed E-state index contributed by atoms with van der Waals surface area (Å²) < 4.78 is 32.9. The zero-order valence-electron chi connectivity index (χ0n) is 12.2. The van der Waals surface area contributed by atoms with Crippen molar-refractivity contribution in [1.29, 1.82) is 0 Å². The highest BCUT2D eigenvalue weighted by molar-refractivity contribution is 7.91. The van der Waals surface area contributed by atoms with Gasteiger partial charge in [0.2, 0.25) is 10.0 Å². The molecule has 0 bridgehead atoms. The number of hydrogen-bond acceptors (Lipinski definition) is 5. The average molecular weight is 318 g/mol. The van der Waals surface area contributed by atoms with Gasteiger partial charge in [0.05, 0.1) is 13.2 Å². The fraction of sp³-hybridized carbons (Fsp3) is 0.692. The van der Waals surface area contributed by atoms with Gasteiger partial charge in [-0.1, -0.05) is 0 Å². The summed E-state index contributed by atoms with van der Waals surface area (Å²) in [7, 11) is -3.40. The molecule has 0 radical (unpaired) electrons. The van der Waals surface area contributed by atoms with Crippen LogP contribution in [0.3, 0.4) is 0 Å². The second kappa shape index (κ2) is 6.11. The summed E-state index contributed by atoms with van der Waals surface area (Å²) in [6.45, 7) is 9.51. The molecule has 0 amide bonds. The van der Waals surface area contributed by atoms with Crippen LogP contribution in [0.2, 0.25) is 0 Å². The molecule has 114 valence electrons. The zero-order chi connectivity index (χ0) is 14.8. The summed E-state index contributed by atoms with van der Waals surface area (Å²) in [5, 5.41) is 0. The van der Waals surface area contributed by atoms with E-state index in [0.717, 1.165) is 18.0 Å². The summed E-state index contributed by atoms with van der Waals surface area (Å²) in [4.78, 5) is 3.26. The van der Waals surface area contributed by atoms with Crippen molar-refractivity contribution >= 4 is 21.4 Å². The minimum Gasteiger partial charge on any atom is -0.379 e. The highest BCUT2D eigenvalue weighted by atomic mass is 32.2. The van der Waals surface area contributed by atoms with Crippen molar-refractivity contribution in [2.24, 2.45) is 0 Å². The number of nitrogens with one attached hydrogen (secondary N) is 1. The van der Waals surface area contributed by atoms with E-state index in [4.69, 9.17) is 4.74 Å². The van der Waals surface area contributed by atoms with Crippen LogP contribution in [0.15, 0.2) is 16.3 Å². The summed E-state index contributed by atoms with van der Waals surface area (Å²) >= 11 is 1.30. The first kappa shape index (κ1) is 15.9. The van der Waals surface area contributed by atoms with E-state index in [9.17, 15) is 8.42 Å². The van der Waals surface area contributed by atoms with Gasteiger partial charge in [-0.2, -0.15) is 0 Å². The van der Waals surface area contributed by atoms with E-state index in [1.54, 1.807) is 6.07 Å². The molecule has 1 saturated heterocycles. The lowest BCUT2D eigenvalue weighted by molar-refractivity contribution is -0.00803. The molecule has 7 heteroatoms. The van der Waals surface area contributed by atoms with E-state index in [0.29, 0.717) is 24.0 Å². The van der Waals surface area contributed by atoms with Crippen LogP contribution in [-0.4, -0.2) is 51.7 Å². The normalized spacial score (nSPS) is 18.4. The number of sulfonamides is 1. The lowest BCUT2D eigenvalue weighted by Gasteiger charge is -2.40. The van der Waals surface area contributed by atoms with Crippen LogP contribution in [0.1, 0.15) is 18.7 Å². The molecule has 2 heterocycles. The van der Waals surface area contributed by atoms with E-state index < -0.39 is 10.0 Å². The highest BCUT2D eigenvalue weighted by Gasteiger charge is 2.30. The van der Waals surface area contributed by atoms with Gasteiger partial charge in [-0.3, -0.25) is 4.90 Å². The molecule has 5 nitrogen and oxygen atoms in total. The molecule has 0 atom stereocenters. The molecule has 1 fully saturated rings. The number of nitrogens with zero attached hydrogens (tertiary/aromatic N) is 1. The van der Waals surface area contributed by atoms with Gasteiger partial charge in [0.15, 0.2) is 0 Å². The number of hydrogen-bond donors (Lipinski definition) is 1. The Hall–Kier alpha value is -0.470. The van der Waals surface area contributed by atoms with Gasteiger partial charge in [0, 0.05) is 30.1 Å². The minimum absolute atomic E-state index is 0.219. The number of ether oxygens (including phenoxy) is 1. The third-order valence-corrected chi connectivity index (χ3v) is 6.44. The smallest absolute Gasteiger partial charge is 0.250 e. The van der Waals surface area contributed by atoms with Crippen LogP contribution < -0.4 is 4.72 Å². The van der Waals surface area contributed by atoms with Crippen molar-refractivity contribution in [3.8, 4) is 0 Å². The average Bonchev–Trinajstić information content (AvgIpc) is 2.85. The van der Waals surface area contributed by atoms with Crippen molar-refractivity contribution in [1.82, 2.24) is 9.62 Å². The van der Waals surface area contributed by atoms with Gasteiger partial charge in [-0.25, -0.2) is 13.1 Å². The van der Waals surface area contributed by atoms with Gasteiger partial charge < -0.3 is 4.74 Å². The van der Waals surface area contributed by atoms with Crippen LogP contribution in [-0.2, 0) is 14.8 Å². The molecule has 20 heavy (non-hydrogen) atoms. The first-order valence-corrected chi connectivity index (χ1v) is 9.00. The van der Waals surface area contributed by atoms with Crippen molar-refractivity contribution in [3.05, 3.63) is 17.0 Å². The Morgan fingerprint density at radius 1 is 1.35 bits per heavy atom. The Morgan fingerprint density at radius 3 is 2.55 bits per heavy atom. The first-order valence-electron chi connectivity index (χ1n) is 6.70. The highest BCUT2D eigenvalue weighted by Crippen LogP contribution is 2.21. The maximum absolute atomic E-state index is 12.2. The Bertz CT molecular complexity index is 546. The Morgan fingerprint density at radius 2 is 2.00 bits per heavy atom. The van der Waals surface area contributed by atoms with Crippen molar-refractivity contribution < 1.29 is 13.2 Å². The van der Waals surface area contributed by atoms with Gasteiger partial charge in [0.1, 0.15) is 4.21 Å². The number of rotatable bonds is 5. The quantitative estimate of drug-likeness (QED) is 0.893. The summed E-state index contributed by atoms with van der Waals surface area (Å²) in [5.41, 5.74) is -0.219. The second-order valence-electron chi connectivity index (χ2n) is 5.60. The molecule has 1 aliphatic heterocycles. The zero-order valence-corrected chi connectivity index (χ0v) is 13.8. The Labute approximate surface area is 125 Å². The lowest BCUT2D eigenvalue weighted by Crippen LogP contribution is -2.55. The predicted octanol–water partition coefficient (Wildman–Crippen LogP) is 1.45. The van der Waals surface area contributed by atoms with E-state index in [-0.39, 0.29) is 5.54 Å². The monoisotopic (exact) mass is 318 g/mol. The Kier molecular flexibility index (Phi) is 4.86. The standard InChI is InChI=1S/C13H22N2O3S2/c1-11-4-5-12(19-11)20(16,17)14-10-13(2,3)15-6-8-18-9-7-15/h4-5,14H,6-10H2,1-3H3. The molecule has 0 spiro atoms. The van der Waals surface area contributed by atoms with Crippen LogP contribution in [0.5, 0.6) is 0 Å². The molecular formula is C13H22N2O3S2. The van der Waals surface area contributed by atoms with Crippen LogP contribution >= 0.6 is 11.3 Å². The molecular weight excluding hydrogens is 296 g/mol. The largest absolute Gasteiger partial charge is 0.379 e. The van der Waals surface area contributed by atoms with Crippen molar-refractivity contribution in [2.75, 3.05) is 32.8 Å². The minimum atomic E-state index is -3.40. The predicted molar refractivity (Wildman–Crippen MR) is 80.7 cm³/mol. The third kappa shape index (κ3) is 3.79. The third-order valence-electron chi connectivity index (χ3n) is 3.54. The number of morpholine rings is 1. The lowest BCUT2D eigenvalue weighted by atomic mass is 10.0. The SMILES string of the molecule is Cc1ccc(S(=O)(=O)NCC(C)(C)N2CCOCC2)s1. The molecule has 2 rings (SSSR count). The van der Waals surface area contributed by atoms with Crippen LogP contribution in [0.4, 0.5) is 0 Å². The molecule has 1 N–H and O–H groups in total. The molecule has 1 aromatic heterocycles. The molecule has 1 aliphatic rings. The maximum Gasteiger partial charge on any atom is 0.250 e. The molecule has 0 aromatic carbocycles. The summed E-state index contributed by atoms with van der Waals surface area (Å²) in [6.07, 6.45) is 0. The van der Waals surface area contributed by atoms with Crippen LogP contribution in [0, 0.1) is 6.92 Å². The van der Waals surface area contributed by atoms with Gasteiger partial charge in [0.25, 0.3) is 0 Å². The Balaban J connectivity index is 1.99. The fourth-order valence-corrected chi connectivity index (χ4v) is 4.71. The summed E-state index contributed by atoms with van der Waals surface area (Å²) in [5.74, 6) is 0. The van der Waals surface area contributed by atoms with Crippen LogP contribution in [0.25, 0.3) is 0 Å². The molecule has 1 aromatic rings. The van der Waals surface area contributed by atoms with E-state index >= 15 is 0 Å². The van der Waals surface area contributed by atoms with Crippen molar-refractivity contribution in [2.45, 2.75) is 30.5 Å². The topological polar surface area (TPSA) is 58.6 Å². The fourth-order valence-electron chi connectivity index (χ4n) is 2.18. The molecule has 0 saturated carbocycles. The number of aryl methyl sites for hydroxylation is 1.